The predicted molar refractivity (Wildman–Crippen MR) is 134 cm³/mol. The highest BCUT2D eigenvalue weighted by molar-refractivity contribution is 6.01. The van der Waals surface area contributed by atoms with Gasteiger partial charge in [-0.05, 0) is 55.3 Å². The van der Waals surface area contributed by atoms with Gasteiger partial charge in [-0.2, -0.15) is 0 Å². The van der Waals surface area contributed by atoms with Gasteiger partial charge in [-0.25, -0.2) is 0 Å². The average Bonchev–Trinajstić information content (AvgIpc) is 2.95. The van der Waals surface area contributed by atoms with Crippen LogP contribution in [0, 0.1) is 0 Å². The van der Waals surface area contributed by atoms with Gasteiger partial charge >= 0.3 is 0 Å². The summed E-state index contributed by atoms with van der Waals surface area (Å²) in [7, 11) is 3.38. The van der Waals surface area contributed by atoms with E-state index >= 15 is 0 Å². The molecule has 0 radical (unpaired) electrons. The van der Waals surface area contributed by atoms with Crippen LogP contribution in [0.25, 0.3) is 10.8 Å². The van der Waals surface area contributed by atoms with E-state index in [9.17, 15) is 9.59 Å². The van der Waals surface area contributed by atoms with Crippen LogP contribution in [0.5, 0.6) is 5.75 Å². The summed E-state index contributed by atoms with van der Waals surface area (Å²) in [4.78, 5) is 28.1. The Bertz CT molecular complexity index is 1150. The van der Waals surface area contributed by atoms with Crippen molar-refractivity contribution in [1.29, 1.82) is 0 Å². The Balaban J connectivity index is 0.00000306. The molecule has 1 heterocycles. The number of nitrogens with zero attached hydrogens (tertiary/aromatic N) is 1. The van der Waals surface area contributed by atoms with Crippen LogP contribution < -0.4 is 20.3 Å². The molecule has 2 N–H and O–H groups in total. The summed E-state index contributed by atoms with van der Waals surface area (Å²) in [5.74, 6) is 0.448. The minimum absolute atomic E-state index is 0. The van der Waals surface area contributed by atoms with E-state index in [-0.39, 0.29) is 30.3 Å². The zero-order valence-electron chi connectivity index (χ0n) is 19.1. The first-order chi connectivity index (χ1) is 15.5. The number of hydrogen-bond donors (Lipinski definition) is 2. The van der Waals surface area contributed by atoms with Gasteiger partial charge in [-0.3, -0.25) is 9.59 Å². The zero-order chi connectivity index (χ0) is 22.7. The minimum atomic E-state index is -0.591. The molecule has 0 aliphatic carbocycles. The lowest BCUT2D eigenvalue weighted by molar-refractivity contribution is -0.128. The van der Waals surface area contributed by atoms with Gasteiger partial charge in [0.25, 0.3) is 0 Å². The van der Waals surface area contributed by atoms with Gasteiger partial charge in [0.05, 0.1) is 19.7 Å². The number of carbonyl (C=O) groups is 2. The number of hydrogen-bond acceptors (Lipinski definition) is 4. The van der Waals surface area contributed by atoms with E-state index < -0.39 is 6.04 Å². The van der Waals surface area contributed by atoms with Crippen molar-refractivity contribution < 1.29 is 14.3 Å². The van der Waals surface area contributed by atoms with Gasteiger partial charge in [0, 0.05) is 11.3 Å². The van der Waals surface area contributed by atoms with Gasteiger partial charge in [-0.1, -0.05) is 48.5 Å². The summed E-state index contributed by atoms with van der Waals surface area (Å²) < 4.78 is 5.67. The van der Waals surface area contributed by atoms with Crippen molar-refractivity contribution in [2.75, 3.05) is 19.1 Å². The van der Waals surface area contributed by atoms with Crippen molar-refractivity contribution in [3.8, 4) is 5.75 Å². The maximum atomic E-state index is 13.7. The van der Waals surface area contributed by atoms with Crippen LogP contribution in [0.3, 0.4) is 0 Å². The number of halogens is 1. The maximum Gasteiger partial charge on any atom is 0.249 e. The second kappa shape index (κ2) is 10.7. The molecule has 7 heteroatoms. The van der Waals surface area contributed by atoms with Crippen LogP contribution in [0.1, 0.15) is 24.5 Å². The fourth-order valence-electron chi connectivity index (χ4n) is 4.27. The van der Waals surface area contributed by atoms with E-state index in [4.69, 9.17) is 4.74 Å². The number of benzene rings is 3. The third kappa shape index (κ3) is 4.97. The average molecular weight is 468 g/mol. The number of carbonyl (C=O) groups excluding carboxylic acids is 2. The molecular weight excluding hydrogens is 438 g/mol. The molecule has 0 bridgehead atoms. The van der Waals surface area contributed by atoms with E-state index in [1.165, 1.54) is 0 Å². The number of fused-ring (bicyclic) bond motifs is 2. The Morgan fingerprint density at radius 3 is 2.61 bits per heavy atom. The van der Waals surface area contributed by atoms with Crippen LogP contribution in [0.15, 0.2) is 60.7 Å². The molecule has 174 valence electrons. The number of ether oxygens (including phenoxy) is 1. The molecule has 2 unspecified atom stereocenters. The Morgan fingerprint density at radius 2 is 1.85 bits per heavy atom. The lowest BCUT2D eigenvalue weighted by atomic mass is 10.0. The molecule has 33 heavy (non-hydrogen) atoms. The summed E-state index contributed by atoms with van der Waals surface area (Å²) in [6.45, 7) is 2.14. The fourth-order valence-corrected chi connectivity index (χ4v) is 4.27. The number of likely N-dealkylation sites (N-methyl/N-ethyl adjacent to an activating group) is 1. The molecule has 4 rings (SSSR count). The SMILES string of the molecule is CNC(C)C(=O)NC1CCc2ccccc2N(Cc2c(OC)ccc3ccccc23)C1=O.Cl. The van der Waals surface area contributed by atoms with Crippen molar-refractivity contribution in [3.63, 3.8) is 0 Å². The monoisotopic (exact) mass is 467 g/mol. The lowest BCUT2D eigenvalue weighted by Crippen LogP contribution is -2.52. The fraction of sp³-hybridized carbons (Fsp3) is 0.308. The van der Waals surface area contributed by atoms with Crippen molar-refractivity contribution in [3.05, 3.63) is 71.8 Å². The lowest BCUT2D eigenvalue weighted by Gasteiger charge is -2.28. The van der Waals surface area contributed by atoms with Crippen molar-refractivity contribution in [2.45, 2.75) is 38.4 Å². The largest absolute Gasteiger partial charge is 0.496 e. The van der Waals surface area contributed by atoms with Crippen molar-refractivity contribution in [2.24, 2.45) is 0 Å². The molecule has 2 amide bonds. The van der Waals surface area contributed by atoms with Gasteiger partial charge < -0.3 is 20.3 Å². The molecule has 1 aliphatic heterocycles. The Morgan fingerprint density at radius 1 is 1.12 bits per heavy atom. The van der Waals surface area contributed by atoms with Crippen LogP contribution in [0.4, 0.5) is 5.69 Å². The van der Waals surface area contributed by atoms with E-state index in [2.05, 4.69) is 28.8 Å². The second-order valence-corrected chi connectivity index (χ2v) is 8.13. The van der Waals surface area contributed by atoms with E-state index in [0.717, 1.165) is 33.3 Å². The second-order valence-electron chi connectivity index (χ2n) is 8.13. The molecule has 6 nitrogen and oxygen atoms in total. The molecule has 0 saturated carbocycles. The van der Waals surface area contributed by atoms with Crippen LogP contribution >= 0.6 is 12.4 Å². The molecule has 0 aromatic heterocycles. The molecule has 3 aromatic carbocycles. The molecule has 1 aliphatic rings. The number of methoxy groups -OCH3 is 1. The quantitative estimate of drug-likeness (QED) is 0.577. The number of rotatable bonds is 6. The highest BCUT2D eigenvalue weighted by Gasteiger charge is 2.32. The first-order valence-corrected chi connectivity index (χ1v) is 10.9. The van der Waals surface area contributed by atoms with Crippen LogP contribution in [-0.2, 0) is 22.6 Å². The van der Waals surface area contributed by atoms with Crippen LogP contribution in [-0.4, -0.2) is 38.1 Å². The predicted octanol–water partition coefficient (Wildman–Crippen LogP) is 3.84. The van der Waals surface area contributed by atoms with Gasteiger partial charge in [-0.15, -0.1) is 12.4 Å². The number of para-hydroxylation sites is 1. The minimum Gasteiger partial charge on any atom is -0.496 e. The van der Waals surface area contributed by atoms with E-state index in [0.29, 0.717) is 19.4 Å². The van der Waals surface area contributed by atoms with E-state index in [1.54, 1.807) is 26.0 Å². The number of nitrogens with one attached hydrogen (secondary N) is 2. The maximum absolute atomic E-state index is 13.7. The molecular formula is C26H30ClN3O3. The standard InChI is InChI=1S/C26H29N3O3.ClH/c1-17(27-2)25(30)28-22-14-12-19-9-5-7-11-23(19)29(26(22)31)16-21-20-10-6-4-8-18(20)13-15-24(21)32-3;/h4-11,13,15,17,22,27H,12,14,16H2,1-3H3,(H,28,30);1H. The smallest absolute Gasteiger partial charge is 0.249 e. The number of aryl methyl sites for hydroxylation is 1. The zero-order valence-corrected chi connectivity index (χ0v) is 19.9. The molecule has 3 aromatic rings. The molecule has 2 atom stereocenters. The first-order valence-electron chi connectivity index (χ1n) is 10.9. The topological polar surface area (TPSA) is 70.7 Å². The molecule has 0 saturated heterocycles. The Labute approximate surface area is 200 Å². The highest BCUT2D eigenvalue weighted by Crippen LogP contribution is 2.34. The summed E-state index contributed by atoms with van der Waals surface area (Å²) >= 11 is 0. The van der Waals surface area contributed by atoms with Crippen LogP contribution in [0.2, 0.25) is 0 Å². The molecule has 0 spiro atoms. The Hall–Kier alpha value is -3.09. The van der Waals surface area contributed by atoms with Gasteiger partial charge in [0.2, 0.25) is 11.8 Å². The number of amides is 2. The molecule has 0 fully saturated rings. The van der Waals surface area contributed by atoms with Gasteiger partial charge in [0.1, 0.15) is 11.8 Å². The summed E-state index contributed by atoms with van der Waals surface area (Å²) in [5.41, 5.74) is 2.92. The first kappa shape index (κ1) is 24.6. The highest BCUT2D eigenvalue weighted by atomic mass is 35.5. The number of anilines is 1. The third-order valence-electron chi connectivity index (χ3n) is 6.23. The summed E-state index contributed by atoms with van der Waals surface area (Å²) in [6.07, 6.45) is 1.27. The summed E-state index contributed by atoms with van der Waals surface area (Å²) in [6, 6.07) is 19.1. The van der Waals surface area contributed by atoms with Crippen molar-refractivity contribution in [1.82, 2.24) is 10.6 Å². The Kier molecular flexibility index (Phi) is 7.95. The third-order valence-corrected chi connectivity index (χ3v) is 6.23. The summed E-state index contributed by atoms with van der Waals surface area (Å²) in [5, 5.41) is 8.02. The van der Waals surface area contributed by atoms with Gasteiger partial charge in [0.15, 0.2) is 0 Å². The normalized spacial score (nSPS) is 16.4. The van der Waals surface area contributed by atoms with Crippen molar-refractivity contribution >= 4 is 40.7 Å². The van der Waals surface area contributed by atoms with E-state index in [1.807, 2.05) is 42.5 Å².